The molecule has 0 aromatic heterocycles. The van der Waals surface area contributed by atoms with Gasteiger partial charge in [0, 0.05) is 12.5 Å². The molecule has 4 nitrogen and oxygen atoms in total. The molecule has 0 saturated carbocycles. The highest BCUT2D eigenvalue weighted by Gasteiger charge is 2.43. The van der Waals surface area contributed by atoms with E-state index >= 15 is 0 Å². The summed E-state index contributed by atoms with van der Waals surface area (Å²) in [4.78, 5) is 19.1. The second-order valence-corrected chi connectivity index (χ2v) is 3.64. The molecule has 0 spiro atoms. The van der Waals surface area contributed by atoms with E-state index in [-0.39, 0.29) is 5.56 Å². The van der Waals surface area contributed by atoms with E-state index in [1.165, 1.54) is 12.1 Å². The molecule has 0 amide bonds. The number of nitro groups is 1. The Morgan fingerprint density at radius 2 is 1.93 bits per heavy atom. The minimum atomic E-state index is -2.08. The van der Waals surface area contributed by atoms with Crippen molar-refractivity contribution in [2.24, 2.45) is 0 Å². The van der Waals surface area contributed by atoms with Crippen LogP contribution >= 0.6 is 11.6 Å². The zero-order valence-electron chi connectivity index (χ0n) is 7.44. The van der Waals surface area contributed by atoms with Gasteiger partial charge in [-0.25, -0.2) is 0 Å². The number of carbonyl (C=O) groups is 1. The summed E-state index contributed by atoms with van der Waals surface area (Å²) in [6, 6.07) is 7.95. The lowest BCUT2D eigenvalue weighted by Crippen LogP contribution is -2.37. The topological polar surface area (TPSA) is 60.2 Å². The lowest BCUT2D eigenvalue weighted by atomic mass is 10.1. The van der Waals surface area contributed by atoms with Crippen LogP contribution in [0.25, 0.3) is 0 Å². The Labute approximate surface area is 85.6 Å². The highest BCUT2D eigenvalue weighted by molar-refractivity contribution is 6.36. The van der Waals surface area contributed by atoms with Crippen LogP contribution in [0.2, 0.25) is 0 Å². The van der Waals surface area contributed by atoms with Crippen LogP contribution in [0.15, 0.2) is 30.3 Å². The fourth-order valence-corrected chi connectivity index (χ4v) is 1.04. The highest BCUT2D eigenvalue weighted by Crippen LogP contribution is 2.20. The number of hydrogen-bond acceptors (Lipinski definition) is 3. The Morgan fingerprint density at radius 3 is 2.36 bits per heavy atom. The Bertz CT molecular complexity index is 362. The van der Waals surface area contributed by atoms with E-state index in [0.29, 0.717) is 0 Å². The van der Waals surface area contributed by atoms with Crippen LogP contribution in [0, 0.1) is 10.1 Å². The molecule has 1 aromatic rings. The van der Waals surface area contributed by atoms with E-state index < -0.39 is 15.7 Å². The molecule has 0 bridgehead atoms. The van der Waals surface area contributed by atoms with Gasteiger partial charge in [0.25, 0.3) is 5.78 Å². The number of Topliss-reactive ketones (excluding diaryl/α,β-unsaturated/α-hetero) is 1. The van der Waals surface area contributed by atoms with Crippen LogP contribution in [-0.2, 0) is 0 Å². The number of halogens is 1. The first-order chi connectivity index (χ1) is 6.46. The molecule has 74 valence electrons. The molecule has 1 unspecified atom stereocenters. The predicted octanol–water partition coefficient (Wildman–Crippen LogP) is 2.10. The largest absolute Gasteiger partial charge is 0.354 e. The van der Waals surface area contributed by atoms with Gasteiger partial charge in [-0.2, -0.15) is 0 Å². The van der Waals surface area contributed by atoms with E-state index in [2.05, 4.69) is 0 Å². The van der Waals surface area contributed by atoms with Crippen molar-refractivity contribution in [2.75, 3.05) is 0 Å². The van der Waals surface area contributed by atoms with Gasteiger partial charge in [0.1, 0.15) is 0 Å². The summed E-state index contributed by atoms with van der Waals surface area (Å²) < 4.78 is 0. The number of nitrogens with zero attached hydrogens (tertiary/aromatic N) is 1. The molecule has 0 aliphatic heterocycles. The summed E-state index contributed by atoms with van der Waals surface area (Å²) in [5.41, 5.74) is 0.238. The summed E-state index contributed by atoms with van der Waals surface area (Å²) in [7, 11) is 0. The summed E-state index contributed by atoms with van der Waals surface area (Å²) in [6.07, 6.45) is 0. The van der Waals surface area contributed by atoms with Gasteiger partial charge >= 0.3 is 5.00 Å². The van der Waals surface area contributed by atoms with Crippen LogP contribution in [0.1, 0.15) is 17.3 Å². The zero-order valence-corrected chi connectivity index (χ0v) is 8.19. The normalized spacial score (nSPS) is 14.4. The highest BCUT2D eigenvalue weighted by atomic mass is 35.5. The smallest absolute Gasteiger partial charge is 0.284 e. The maximum absolute atomic E-state index is 11.5. The molecule has 5 heteroatoms. The fourth-order valence-electron chi connectivity index (χ4n) is 0.936. The van der Waals surface area contributed by atoms with Gasteiger partial charge in [-0.3, -0.25) is 14.9 Å². The number of hydrogen-bond donors (Lipinski definition) is 0. The Morgan fingerprint density at radius 1 is 1.43 bits per heavy atom. The Kier molecular flexibility index (Phi) is 2.86. The lowest BCUT2D eigenvalue weighted by molar-refractivity contribution is -0.518. The van der Waals surface area contributed by atoms with Gasteiger partial charge in [0.2, 0.25) is 0 Å². The molecule has 0 N–H and O–H groups in total. The van der Waals surface area contributed by atoms with Gasteiger partial charge in [-0.15, -0.1) is 0 Å². The first-order valence-corrected chi connectivity index (χ1v) is 4.27. The third-order valence-electron chi connectivity index (χ3n) is 1.79. The molecule has 0 fully saturated rings. The number of rotatable bonds is 3. The van der Waals surface area contributed by atoms with Gasteiger partial charge in [-0.05, 0) is 11.6 Å². The molecule has 0 saturated heterocycles. The first kappa shape index (κ1) is 10.7. The quantitative estimate of drug-likeness (QED) is 0.254. The lowest BCUT2D eigenvalue weighted by Gasteiger charge is -2.10. The summed E-state index contributed by atoms with van der Waals surface area (Å²) in [5.74, 6) is -0.704. The van der Waals surface area contributed by atoms with Crippen LogP contribution in [-0.4, -0.2) is 15.7 Å². The van der Waals surface area contributed by atoms with Gasteiger partial charge < -0.3 is 0 Å². The third kappa shape index (κ3) is 1.90. The minimum absolute atomic E-state index is 0.238. The van der Waals surface area contributed by atoms with Gasteiger partial charge in [0.05, 0.1) is 4.92 Å². The van der Waals surface area contributed by atoms with E-state index in [0.717, 1.165) is 6.92 Å². The monoisotopic (exact) mass is 213 g/mol. The second kappa shape index (κ2) is 3.75. The fraction of sp³-hybridized carbons (Fsp3) is 0.222. The maximum Gasteiger partial charge on any atom is 0.354 e. The molecule has 0 radical (unpaired) electrons. The Hall–Kier alpha value is -1.42. The molecular formula is C9H8ClNO3. The van der Waals surface area contributed by atoms with Crippen LogP contribution in [0.4, 0.5) is 0 Å². The number of ketones is 1. The van der Waals surface area contributed by atoms with E-state index in [1.807, 2.05) is 0 Å². The molecule has 0 aliphatic carbocycles. The average Bonchev–Trinajstić information content (AvgIpc) is 2.17. The third-order valence-corrected chi connectivity index (χ3v) is 2.10. The van der Waals surface area contributed by atoms with Crippen molar-refractivity contribution < 1.29 is 9.72 Å². The van der Waals surface area contributed by atoms with Gasteiger partial charge in [-0.1, -0.05) is 30.3 Å². The molecule has 1 rings (SSSR count). The average molecular weight is 214 g/mol. The number of carbonyl (C=O) groups excluding carboxylic acids is 1. The number of alkyl halides is 1. The van der Waals surface area contributed by atoms with E-state index in [4.69, 9.17) is 11.6 Å². The summed E-state index contributed by atoms with van der Waals surface area (Å²) in [5, 5.41) is 10.5. The first-order valence-electron chi connectivity index (χ1n) is 3.89. The summed E-state index contributed by atoms with van der Waals surface area (Å²) >= 11 is 5.51. The van der Waals surface area contributed by atoms with Crippen molar-refractivity contribution in [3.8, 4) is 0 Å². The van der Waals surface area contributed by atoms with Gasteiger partial charge in [0.15, 0.2) is 0 Å². The number of benzene rings is 1. The molecule has 1 aromatic carbocycles. The van der Waals surface area contributed by atoms with Crippen LogP contribution in [0.3, 0.4) is 0 Å². The molecule has 0 aliphatic rings. The SMILES string of the molecule is CC(Cl)(C(=O)c1ccccc1)[N+](=O)[O-]. The van der Waals surface area contributed by atoms with Crippen molar-refractivity contribution >= 4 is 17.4 Å². The molecular weight excluding hydrogens is 206 g/mol. The van der Waals surface area contributed by atoms with E-state index in [1.54, 1.807) is 18.2 Å². The maximum atomic E-state index is 11.5. The van der Waals surface area contributed by atoms with Crippen molar-refractivity contribution in [3.05, 3.63) is 46.0 Å². The molecule has 0 heterocycles. The molecule has 14 heavy (non-hydrogen) atoms. The second-order valence-electron chi connectivity index (χ2n) is 2.91. The Balaban J connectivity index is 3.03. The van der Waals surface area contributed by atoms with Crippen molar-refractivity contribution in [1.29, 1.82) is 0 Å². The van der Waals surface area contributed by atoms with Crippen molar-refractivity contribution in [3.63, 3.8) is 0 Å². The van der Waals surface area contributed by atoms with Crippen molar-refractivity contribution in [1.82, 2.24) is 0 Å². The van der Waals surface area contributed by atoms with Crippen LogP contribution < -0.4 is 0 Å². The zero-order chi connectivity index (χ0) is 10.8. The predicted molar refractivity (Wildman–Crippen MR) is 52.0 cm³/mol. The standard InChI is InChI=1S/C9H8ClNO3/c1-9(10,11(13)14)8(12)7-5-3-2-4-6-7/h2-6H,1H3. The summed E-state index contributed by atoms with van der Waals surface area (Å²) in [6.45, 7) is 1.07. The van der Waals surface area contributed by atoms with E-state index in [9.17, 15) is 14.9 Å². The van der Waals surface area contributed by atoms with Crippen LogP contribution in [0.5, 0.6) is 0 Å². The van der Waals surface area contributed by atoms with Crippen molar-refractivity contribution in [2.45, 2.75) is 11.9 Å². The molecule has 1 atom stereocenters. The minimum Gasteiger partial charge on any atom is -0.284 e.